The first-order chi connectivity index (χ1) is 4.21. The number of Topliss-reactive ketones (excluding diaryl/α,β-unsaturated/α-hetero) is 1. The third kappa shape index (κ3) is 0.718. The van der Waals surface area contributed by atoms with E-state index in [1.165, 1.54) is 6.92 Å². The molecule has 1 fully saturated rings. The van der Waals surface area contributed by atoms with Crippen LogP contribution in [0.5, 0.6) is 0 Å². The predicted molar refractivity (Wildman–Crippen MR) is 29.5 cm³/mol. The van der Waals surface area contributed by atoms with E-state index in [4.69, 9.17) is 10.00 Å². The molecule has 0 aromatic heterocycles. The molecule has 3 heteroatoms. The normalized spacial score (nSPS) is 21.8. The van der Waals surface area contributed by atoms with Crippen molar-refractivity contribution in [1.82, 2.24) is 0 Å². The van der Waals surface area contributed by atoms with E-state index in [0.29, 0.717) is 0 Å². The van der Waals surface area contributed by atoms with E-state index in [-0.39, 0.29) is 19.0 Å². The van der Waals surface area contributed by atoms with Gasteiger partial charge in [-0.25, -0.2) is 0 Å². The summed E-state index contributed by atoms with van der Waals surface area (Å²) in [6, 6.07) is 1.94. The minimum absolute atomic E-state index is 0.0868. The first-order valence-corrected chi connectivity index (χ1v) is 2.71. The van der Waals surface area contributed by atoms with Crippen LogP contribution in [0.3, 0.4) is 0 Å². The fourth-order valence-corrected chi connectivity index (χ4v) is 0.653. The van der Waals surface area contributed by atoms with E-state index in [9.17, 15) is 4.79 Å². The Kier molecular flexibility index (Phi) is 1.26. The summed E-state index contributed by atoms with van der Waals surface area (Å²) >= 11 is 0. The molecule has 1 heterocycles. The van der Waals surface area contributed by atoms with Crippen LogP contribution >= 0.6 is 0 Å². The fraction of sp³-hybridized carbons (Fsp3) is 0.667. The Balaban J connectivity index is 2.71. The highest BCUT2D eigenvalue weighted by Gasteiger charge is 2.43. The Morgan fingerprint density at radius 3 is 2.33 bits per heavy atom. The molecule has 0 radical (unpaired) electrons. The molecule has 1 rings (SSSR count). The molecule has 0 saturated carbocycles. The van der Waals surface area contributed by atoms with Crippen molar-refractivity contribution in [1.29, 1.82) is 5.26 Å². The molecule has 0 aromatic carbocycles. The SMILES string of the molecule is CC(=O)C1(C#N)COC1. The minimum atomic E-state index is -0.792. The van der Waals surface area contributed by atoms with Gasteiger partial charge in [-0.05, 0) is 6.92 Å². The Hall–Kier alpha value is -0.880. The van der Waals surface area contributed by atoms with Crippen LogP contribution in [-0.2, 0) is 9.53 Å². The number of nitrogens with zero attached hydrogens (tertiary/aromatic N) is 1. The molecule has 3 nitrogen and oxygen atoms in total. The number of ketones is 1. The Bertz CT molecular complexity index is 176. The smallest absolute Gasteiger partial charge is 0.161 e. The number of carbonyl (C=O) groups excluding carboxylic acids is 1. The van der Waals surface area contributed by atoms with Crippen molar-refractivity contribution >= 4 is 5.78 Å². The molecule has 0 aromatic rings. The van der Waals surface area contributed by atoms with E-state index >= 15 is 0 Å². The number of nitriles is 1. The van der Waals surface area contributed by atoms with Crippen LogP contribution < -0.4 is 0 Å². The van der Waals surface area contributed by atoms with Crippen LogP contribution in [0.1, 0.15) is 6.92 Å². The van der Waals surface area contributed by atoms with Gasteiger partial charge in [-0.15, -0.1) is 0 Å². The van der Waals surface area contributed by atoms with Crippen molar-refractivity contribution < 1.29 is 9.53 Å². The average Bonchev–Trinajstić information content (AvgIpc) is 1.62. The molecule has 1 aliphatic heterocycles. The maximum absolute atomic E-state index is 10.7. The number of hydrogen-bond acceptors (Lipinski definition) is 3. The lowest BCUT2D eigenvalue weighted by Gasteiger charge is -2.31. The van der Waals surface area contributed by atoms with Crippen LogP contribution in [0.15, 0.2) is 0 Å². The van der Waals surface area contributed by atoms with Crippen molar-refractivity contribution in [2.24, 2.45) is 5.41 Å². The van der Waals surface area contributed by atoms with Gasteiger partial charge in [-0.1, -0.05) is 0 Å². The van der Waals surface area contributed by atoms with E-state index < -0.39 is 5.41 Å². The number of ether oxygens (including phenoxy) is 1. The molecule has 9 heavy (non-hydrogen) atoms. The summed E-state index contributed by atoms with van der Waals surface area (Å²) in [6.07, 6.45) is 0. The quantitative estimate of drug-likeness (QED) is 0.500. The van der Waals surface area contributed by atoms with Gasteiger partial charge in [-0.3, -0.25) is 4.79 Å². The first-order valence-electron chi connectivity index (χ1n) is 2.71. The summed E-state index contributed by atoms with van der Waals surface area (Å²) in [5.74, 6) is -0.0868. The number of carbonyl (C=O) groups is 1. The first kappa shape index (κ1) is 6.24. The van der Waals surface area contributed by atoms with Crippen LogP contribution in [0, 0.1) is 16.7 Å². The van der Waals surface area contributed by atoms with Gasteiger partial charge in [-0.2, -0.15) is 5.26 Å². The van der Waals surface area contributed by atoms with Crippen molar-refractivity contribution in [3.8, 4) is 6.07 Å². The number of rotatable bonds is 1. The second-order valence-corrected chi connectivity index (χ2v) is 2.24. The predicted octanol–water partition coefficient (Wildman–Crippen LogP) is 0.116. The van der Waals surface area contributed by atoms with Crippen molar-refractivity contribution in [3.63, 3.8) is 0 Å². The average molecular weight is 125 g/mol. The summed E-state index contributed by atoms with van der Waals surface area (Å²) in [4.78, 5) is 10.7. The summed E-state index contributed by atoms with van der Waals surface area (Å²) < 4.78 is 4.75. The minimum Gasteiger partial charge on any atom is -0.377 e. The van der Waals surface area contributed by atoms with Gasteiger partial charge in [0.2, 0.25) is 0 Å². The number of hydrogen-bond donors (Lipinski definition) is 0. The molecular formula is C6H7NO2. The molecule has 0 atom stereocenters. The van der Waals surface area contributed by atoms with Crippen LogP contribution in [0.25, 0.3) is 0 Å². The molecule has 1 aliphatic rings. The third-order valence-corrected chi connectivity index (χ3v) is 1.58. The van der Waals surface area contributed by atoms with E-state index in [0.717, 1.165) is 0 Å². The van der Waals surface area contributed by atoms with Gasteiger partial charge < -0.3 is 4.74 Å². The zero-order valence-corrected chi connectivity index (χ0v) is 5.18. The van der Waals surface area contributed by atoms with Gasteiger partial charge in [0.1, 0.15) is 0 Å². The maximum Gasteiger partial charge on any atom is 0.161 e. The van der Waals surface area contributed by atoms with Crippen molar-refractivity contribution in [2.75, 3.05) is 13.2 Å². The van der Waals surface area contributed by atoms with Crippen LogP contribution in [-0.4, -0.2) is 19.0 Å². The van der Waals surface area contributed by atoms with Gasteiger partial charge in [0.15, 0.2) is 11.2 Å². The lowest BCUT2D eigenvalue weighted by atomic mass is 9.84. The van der Waals surface area contributed by atoms with Gasteiger partial charge >= 0.3 is 0 Å². The van der Waals surface area contributed by atoms with E-state index in [1.807, 2.05) is 6.07 Å². The van der Waals surface area contributed by atoms with Crippen molar-refractivity contribution in [3.05, 3.63) is 0 Å². The highest BCUT2D eigenvalue weighted by molar-refractivity contribution is 5.86. The second kappa shape index (κ2) is 1.82. The molecule has 0 bridgehead atoms. The maximum atomic E-state index is 10.7. The lowest BCUT2D eigenvalue weighted by molar-refractivity contribution is -0.145. The molecule has 1 saturated heterocycles. The summed E-state index contributed by atoms with van der Waals surface area (Å²) in [5.41, 5.74) is -0.792. The lowest BCUT2D eigenvalue weighted by Crippen LogP contribution is -2.46. The largest absolute Gasteiger partial charge is 0.377 e. The Labute approximate surface area is 53.2 Å². The van der Waals surface area contributed by atoms with Crippen LogP contribution in [0.4, 0.5) is 0 Å². The molecule has 48 valence electrons. The Morgan fingerprint density at radius 1 is 1.78 bits per heavy atom. The Morgan fingerprint density at radius 2 is 2.33 bits per heavy atom. The standard InChI is InChI=1S/C6H7NO2/c1-5(8)6(2-7)3-9-4-6/h3-4H2,1H3. The van der Waals surface area contributed by atoms with E-state index in [1.54, 1.807) is 0 Å². The highest BCUT2D eigenvalue weighted by Crippen LogP contribution is 2.26. The summed E-state index contributed by atoms with van der Waals surface area (Å²) in [5, 5.41) is 8.46. The zero-order chi connectivity index (χ0) is 6.91. The van der Waals surface area contributed by atoms with Gasteiger partial charge in [0.05, 0.1) is 19.3 Å². The van der Waals surface area contributed by atoms with E-state index in [2.05, 4.69) is 0 Å². The van der Waals surface area contributed by atoms with Crippen LogP contribution in [0.2, 0.25) is 0 Å². The highest BCUT2D eigenvalue weighted by atomic mass is 16.5. The fourth-order valence-electron chi connectivity index (χ4n) is 0.653. The summed E-state index contributed by atoms with van der Waals surface area (Å²) in [7, 11) is 0. The molecule has 0 aliphatic carbocycles. The molecular weight excluding hydrogens is 118 g/mol. The molecule has 0 N–H and O–H groups in total. The third-order valence-electron chi connectivity index (χ3n) is 1.58. The molecule has 0 spiro atoms. The molecule has 0 amide bonds. The van der Waals surface area contributed by atoms with Crippen molar-refractivity contribution in [2.45, 2.75) is 6.92 Å². The molecule has 0 unspecified atom stereocenters. The topological polar surface area (TPSA) is 50.1 Å². The van der Waals surface area contributed by atoms with Gasteiger partial charge in [0, 0.05) is 0 Å². The zero-order valence-electron chi connectivity index (χ0n) is 5.18. The summed E-state index contributed by atoms with van der Waals surface area (Å²) in [6.45, 7) is 1.98. The second-order valence-electron chi connectivity index (χ2n) is 2.24. The van der Waals surface area contributed by atoms with Gasteiger partial charge in [0.25, 0.3) is 0 Å². The monoisotopic (exact) mass is 125 g/mol.